The topological polar surface area (TPSA) is 112 Å². The van der Waals surface area contributed by atoms with Gasteiger partial charge in [-0.1, -0.05) is 0 Å². The van der Waals surface area contributed by atoms with Gasteiger partial charge in [-0.15, -0.1) is 0 Å². The molecule has 2 rings (SSSR count). The Kier molecular flexibility index (Phi) is 3.82. The van der Waals surface area contributed by atoms with Gasteiger partial charge in [0, 0.05) is 19.4 Å². The van der Waals surface area contributed by atoms with Gasteiger partial charge in [-0.05, 0) is 12.3 Å². The number of carboxylic acids is 1. The molecule has 1 unspecified atom stereocenters. The first-order valence-corrected chi connectivity index (χ1v) is 8.01. The van der Waals surface area contributed by atoms with Crippen LogP contribution in [0, 0.1) is 5.92 Å². The van der Waals surface area contributed by atoms with Gasteiger partial charge in [0.25, 0.3) is 0 Å². The van der Waals surface area contributed by atoms with Crippen molar-refractivity contribution < 1.29 is 28.2 Å². The number of amides is 1. The molecule has 19 heavy (non-hydrogen) atoms. The Balaban J connectivity index is 1.98. The van der Waals surface area contributed by atoms with E-state index in [1.807, 2.05) is 0 Å². The number of β-amino-alcohol motifs (C(OH)–C–C–N with tert-alkyl or cyclic N) is 1. The number of aliphatic hydroxyl groups excluding tert-OH is 1. The van der Waals surface area contributed by atoms with E-state index < -0.39 is 28.0 Å². The molecule has 0 aromatic carbocycles. The van der Waals surface area contributed by atoms with Crippen molar-refractivity contribution in [2.45, 2.75) is 31.4 Å². The Morgan fingerprint density at radius 2 is 2.00 bits per heavy atom. The number of nitrogens with zero attached hydrogens (tertiary/aromatic N) is 1. The molecule has 1 amide bonds. The first-order valence-electron chi connectivity index (χ1n) is 6.19. The van der Waals surface area contributed by atoms with Gasteiger partial charge in [-0.25, -0.2) is 13.2 Å². The van der Waals surface area contributed by atoms with Crippen molar-refractivity contribution >= 4 is 21.7 Å². The Morgan fingerprint density at radius 3 is 2.53 bits per heavy atom. The highest BCUT2D eigenvalue weighted by atomic mass is 32.2. The van der Waals surface area contributed by atoms with E-state index in [1.54, 1.807) is 0 Å². The van der Waals surface area contributed by atoms with E-state index in [0.717, 1.165) is 4.90 Å². The van der Waals surface area contributed by atoms with Gasteiger partial charge in [0.2, 0.25) is 5.91 Å². The summed E-state index contributed by atoms with van der Waals surface area (Å²) in [4.78, 5) is 24.2. The number of carbonyl (C=O) groups excluding carboxylic acids is 1. The fraction of sp³-hybridized carbons (Fsp3) is 0.818. The van der Waals surface area contributed by atoms with Crippen molar-refractivity contribution in [1.29, 1.82) is 0 Å². The number of hydrogen-bond acceptors (Lipinski definition) is 5. The quantitative estimate of drug-likeness (QED) is 0.679. The molecule has 3 atom stereocenters. The highest BCUT2D eigenvalue weighted by Crippen LogP contribution is 2.25. The first kappa shape index (κ1) is 14.3. The number of sulfone groups is 1. The predicted octanol–water partition coefficient (Wildman–Crippen LogP) is -1.14. The zero-order valence-electron chi connectivity index (χ0n) is 10.4. The van der Waals surface area contributed by atoms with Crippen LogP contribution in [0.2, 0.25) is 0 Å². The van der Waals surface area contributed by atoms with E-state index in [9.17, 15) is 23.1 Å². The van der Waals surface area contributed by atoms with Gasteiger partial charge in [-0.2, -0.15) is 0 Å². The minimum absolute atomic E-state index is 0.00707. The molecular weight excluding hydrogens is 274 g/mol. The Hall–Kier alpha value is -1.15. The summed E-state index contributed by atoms with van der Waals surface area (Å²) in [6, 6.07) is -1.000. The third-order valence-corrected chi connectivity index (χ3v) is 5.51. The lowest BCUT2D eigenvalue weighted by Gasteiger charge is -2.22. The fourth-order valence-electron chi connectivity index (χ4n) is 2.72. The molecule has 2 saturated heterocycles. The molecule has 0 radical (unpaired) electrons. The number of rotatable bonds is 3. The fourth-order valence-corrected chi connectivity index (χ4v) is 4.58. The molecule has 2 heterocycles. The van der Waals surface area contributed by atoms with Gasteiger partial charge in [0.1, 0.15) is 6.04 Å². The second-order valence-corrected chi connectivity index (χ2v) is 7.49. The summed E-state index contributed by atoms with van der Waals surface area (Å²) in [6.45, 7) is 0.00920. The third kappa shape index (κ3) is 3.24. The van der Waals surface area contributed by atoms with Gasteiger partial charge < -0.3 is 15.1 Å². The normalized spacial score (nSPS) is 33.5. The van der Waals surface area contributed by atoms with Crippen LogP contribution in [0.3, 0.4) is 0 Å². The van der Waals surface area contributed by atoms with Crippen molar-refractivity contribution in [2.24, 2.45) is 5.92 Å². The van der Waals surface area contributed by atoms with Crippen molar-refractivity contribution in [3.63, 3.8) is 0 Å². The van der Waals surface area contributed by atoms with Crippen LogP contribution < -0.4 is 0 Å². The second-order valence-electron chi connectivity index (χ2n) is 5.26. The lowest BCUT2D eigenvalue weighted by Crippen LogP contribution is -2.41. The maximum Gasteiger partial charge on any atom is 0.326 e. The van der Waals surface area contributed by atoms with Crippen LogP contribution in [0.4, 0.5) is 0 Å². The second kappa shape index (κ2) is 5.09. The molecule has 2 N–H and O–H groups in total. The van der Waals surface area contributed by atoms with Crippen LogP contribution in [0.25, 0.3) is 0 Å². The molecule has 2 aliphatic rings. The molecular formula is C11H17NO6S. The number of likely N-dealkylation sites (tertiary alicyclic amines) is 1. The molecule has 0 aliphatic carbocycles. The Labute approximate surface area is 111 Å². The SMILES string of the molecule is O=C(O)[C@@H]1C[C@@H](O)CN1C(=O)CC1CCS(=O)(=O)C1. The zero-order chi connectivity index (χ0) is 14.2. The number of carbonyl (C=O) groups is 2. The molecule has 0 bridgehead atoms. The average Bonchev–Trinajstić information content (AvgIpc) is 2.82. The highest BCUT2D eigenvalue weighted by Gasteiger charge is 2.40. The van der Waals surface area contributed by atoms with E-state index in [2.05, 4.69) is 0 Å². The van der Waals surface area contributed by atoms with E-state index >= 15 is 0 Å². The summed E-state index contributed by atoms with van der Waals surface area (Å²) in [5, 5.41) is 18.5. The molecule has 2 aliphatic heterocycles. The lowest BCUT2D eigenvalue weighted by atomic mass is 10.0. The summed E-state index contributed by atoms with van der Waals surface area (Å²) in [7, 11) is -3.04. The number of aliphatic hydroxyl groups is 1. The number of aliphatic carboxylic acids is 1. The molecule has 0 spiro atoms. The molecule has 0 saturated carbocycles. The van der Waals surface area contributed by atoms with Gasteiger partial charge in [-0.3, -0.25) is 4.79 Å². The van der Waals surface area contributed by atoms with Crippen molar-refractivity contribution in [1.82, 2.24) is 4.90 Å². The molecule has 0 aromatic heterocycles. The van der Waals surface area contributed by atoms with E-state index in [1.165, 1.54) is 0 Å². The smallest absolute Gasteiger partial charge is 0.326 e. The van der Waals surface area contributed by atoms with Crippen LogP contribution in [-0.4, -0.2) is 65.6 Å². The maximum atomic E-state index is 12.0. The summed E-state index contributed by atoms with van der Waals surface area (Å²) in [5.74, 6) is -1.66. The molecule has 108 valence electrons. The third-order valence-electron chi connectivity index (χ3n) is 3.67. The van der Waals surface area contributed by atoms with Crippen LogP contribution in [0.5, 0.6) is 0 Å². The average molecular weight is 291 g/mol. The summed E-state index contributed by atoms with van der Waals surface area (Å²) >= 11 is 0. The van der Waals surface area contributed by atoms with Crippen molar-refractivity contribution in [3.8, 4) is 0 Å². The van der Waals surface area contributed by atoms with Gasteiger partial charge in [0.15, 0.2) is 9.84 Å². The van der Waals surface area contributed by atoms with Crippen LogP contribution >= 0.6 is 0 Å². The van der Waals surface area contributed by atoms with E-state index in [0.29, 0.717) is 6.42 Å². The minimum atomic E-state index is -3.04. The lowest BCUT2D eigenvalue weighted by molar-refractivity contribution is -0.148. The Bertz CT molecular complexity index is 487. The standard InChI is InChI=1S/C11H17NO6S/c13-8-4-9(11(15)16)12(5-8)10(14)3-7-1-2-19(17,18)6-7/h7-9,13H,1-6H2,(H,15,16)/t7?,8-,9+/m1/s1. The van der Waals surface area contributed by atoms with Gasteiger partial charge >= 0.3 is 5.97 Å². The Morgan fingerprint density at radius 1 is 1.32 bits per heavy atom. The van der Waals surface area contributed by atoms with Crippen LogP contribution in [-0.2, 0) is 19.4 Å². The summed E-state index contributed by atoms with van der Waals surface area (Å²) in [5.41, 5.74) is 0. The number of carboxylic acid groups (broad SMARTS) is 1. The molecule has 8 heteroatoms. The van der Waals surface area contributed by atoms with Crippen molar-refractivity contribution in [3.05, 3.63) is 0 Å². The largest absolute Gasteiger partial charge is 0.480 e. The minimum Gasteiger partial charge on any atom is -0.480 e. The maximum absolute atomic E-state index is 12.0. The summed E-state index contributed by atoms with van der Waals surface area (Å²) < 4.78 is 22.6. The summed E-state index contributed by atoms with van der Waals surface area (Å²) in [6.07, 6.45) is -0.306. The van der Waals surface area contributed by atoms with Crippen molar-refractivity contribution in [2.75, 3.05) is 18.1 Å². The highest BCUT2D eigenvalue weighted by molar-refractivity contribution is 7.91. The molecule has 0 aromatic rings. The zero-order valence-corrected chi connectivity index (χ0v) is 11.2. The van der Waals surface area contributed by atoms with E-state index in [4.69, 9.17) is 5.11 Å². The predicted molar refractivity (Wildman–Crippen MR) is 65.1 cm³/mol. The van der Waals surface area contributed by atoms with E-state index in [-0.39, 0.29) is 42.7 Å². The van der Waals surface area contributed by atoms with Crippen LogP contribution in [0.15, 0.2) is 0 Å². The number of hydrogen-bond donors (Lipinski definition) is 2. The monoisotopic (exact) mass is 291 g/mol. The molecule has 7 nitrogen and oxygen atoms in total. The van der Waals surface area contributed by atoms with Crippen LogP contribution in [0.1, 0.15) is 19.3 Å². The first-order chi connectivity index (χ1) is 8.78. The van der Waals surface area contributed by atoms with Gasteiger partial charge in [0.05, 0.1) is 17.6 Å². The molecule has 2 fully saturated rings.